The van der Waals surface area contributed by atoms with Gasteiger partial charge >= 0.3 is 0 Å². The van der Waals surface area contributed by atoms with Crippen molar-refractivity contribution in [3.63, 3.8) is 0 Å². The van der Waals surface area contributed by atoms with Gasteiger partial charge in [-0.05, 0) is 52.8 Å². The lowest BCUT2D eigenvalue weighted by Crippen LogP contribution is -2.48. The van der Waals surface area contributed by atoms with Crippen LogP contribution in [0.5, 0.6) is 0 Å². The molecule has 0 bridgehead atoms. The Morgan fingerprint density at radius 2 is 1.68 bits per heavy atom. The predicted octanol–water partition coefficient (Wildman–Crippen LogP) is 3.84. The van der Waals surface area contributed by atoms with Gasteiger partial charge in [0.2, 0.25) is 5.91 Å². The van der Waals surface area contributed by atoms with Crippen LogP contribution in [0.4, 0.5) is 0 Å². The highest BCUT2D eigenvalue weighted by Crippen LogP contribution is 2.19. The van der Waals surface area contributed by atoms with E-state index in [-0.39, 0.29) is 5.11 Å². The molecule has 0 fully saturated rings. The van der Waals surface area contributed by atoms with E-state index in [2.05, 4.69) is 16.2 Å². The third-order valence-corrected chi connectivity index (χ3v) is 4.29. The molecule has 3 aromatic carbocycles. The Hall–Kier alpha value is -3.22. The van der Waals surface area contributed by atoms with Gasteiger partial charge < -0.3 is 0 Å². The van der Waals surface area contributed by atoms with Crippen LogP contribution >= 0.6 is 23.8 Å². The largest absolute Gasteiger partial charge is 0.298 e. The molecule has 3 rings (SSSR count). The highest BCUT2D eigenvalue weighted by molar-refractivity contribution is 7.80. The number of hydrazine groups is 1. The molecule has 0 spiro atoms. The number of nitrogens with one attached hydrogen (secondary N) is 3. The Kier molecular flexibility index (Phi) is 6.37. The number of carbonyl (C=O) groups excluding carboxylic acids is 2. The number of thiocarbonyl (C=S) groups is 1. The second kappa shape index (κ2) is 9.12. The standard InChI is InChI=1S/C21H16ClN3O2S/c22-17-9-4-8-16(13-17)20(27)24-25-21(28)23-19(26)12-11-15-7-3-6-14-5-1-2-10-18(14)15/h1-13H,(H,24,27)(H2,23,25,26,28). The van der Waals surface area contributed by atoms with E-state index in [0.29, 0.717) is 10.6 Å². The third-order valence-electron chi connectivity index (χ3n) is 3.85. The molecule has 0 saturated heterocycles. The van der Waals surface area contributed by atoms with Crippen LogP contribution in [0.25, 0.3) is 16.8 Å². The lowest BCUT2D eigenvalue weighted by atomic mass is 10.0. The van der Waals surface area contributed by atoms with Gasteiger partial charge in [-0.15, -0.1) is 0 Å². The first-order chi connectivity index (χ1) is 13.5. The van der Waals surface area contributed by atoms with Crippen molar-refractivity contribution in [3.05, 3.63) is 89.0 Å². The molecular formula is C21H16ClN3O2S. The highest BCUT2D eigenvalue weighted by atomic mass is 35.5. The maximum atomic E-state index is 12.1. The van der Waals surface area contributed by atoms with E-state index in [1.165, 1.54) is 12.1 Å². The van der Waals surface area contributed by atoms with Gasteiger partial charge in [-0.2, -0.15) is 0 Å². The molecular weight excluding hydrogens is 394 g/mol. The molecule has 7 heteroatoms. The summed E-state index contributed by atoms with van der Waals surface area (Å²) in [6.45, 7) is 0. The van der Waals surface area contributed by atoms with Crippen LogP contribution in [0, 0.1) is 0 Å². The van der Waals surface area contributed by atoms with Gasteiger partial charge in [-0.25, -0.2) is 0 Å². The molecule has 28 heavy (non-hydrogen) atoms. The minimum absolute atomic E-state index is 0.0250. The Bertz CT molecular complexity index is 1080. The molecule has 3 aromatic rings. The summed E-state index contributed by atoms with van der Waals surface area (Å²) < 4.78 is 0. The average molecular weight is 410 g/mol. The topological polar surface area (TPSA) is 70.2 Å². The summed E-state index contributed by atoms with van der Waals surface area (Å²) in [5, 5.41) is 5.03. The number of hydrogen-bond donors (Lipinski definition) is 3. The minimum atomic E-state index is -0.426. The Balaban J connectivity index is 1.55. The summed E-state index contributed by atoms with van der Waals surface area (Å²) in [7, 11) is 0. The Labute approximate surface area is 172 Å². The van der Waals surface area contributed by atoms with Gasteiger partial charge in [0.25, 0.3) is 5.91 Å². The van der Waals surface area contributed by atoms with Gasteiger partial charge in [0.1, 0.15) is 0 Å². The third kappa shape index (κ3) is 5.16. The van der Waals surface area contributed by atoms with Crippen molar-refractivity contribution in [2.75, 3.05) is 0 Å². The number of amides is 2. The first kappa shape index (κ1) is 19.5. The summed E-state index contributed by atoms with van der Waals surface area (Å²) in [5.74, 6) is -0.840. The highest BCUT2D eigenvalue weighted by Gasteiger charge is 2.07. The average Bonchev–Trinajstić information content (AvgIpc) is 2.70. The number of carbonyl (C=O) groups is 2. The zero-order valence-corrected chi connectivity index (χ0v) is 16.2. The predicted molar refractivity (Wildman–Crippen MR) is 116 cm³/mol. The van der Waals surface area contributed by atoms with E-state index in [4.69, 9.17) is 23.8 Å². The molecule has 0 atom stereocenters. The first-order valence-corrected chi connectivity index (χ1v) is 9.14. The van der Waals surface area contributed by atoms with Gasteiger partial charge in [0, 0.05) is 16.7 Å². The fourth-order valence-electron chi connectivity index (χ4n) is 2.56. The lowest BCUT2D eigenvalue weighted by molar-refractivity contribution is -0.115. The molecule has 0 aromatic heterocycles. The minimum Gasteiger partial charge on any atom is -0.298 e. The fourth-order valence-corrected chi connectivity index (χ4v) is 2.90. The molecule has 0 unspecified atom stereocenters. The van der Waals surface area contributed by atoms with Crippen molar-refractivity contribution in [2.45, 2.75) is 0 Å². The van der Waals surface area contributed by atoms with E-state index >= 15 is 0 Å². The van der Waals surface area contributed by atoms with E-state index in [1.807, 2.05) is 42.5 Å². The SMILES string of the molecule is O=C(C=Cc1cccc2ccccc12)NC(=S)NNC(=O)c1cccc(Cl)c1. The molecule has 5 nitrogen and oxygen atoms in total. The Morgan fingerprint density at radius 1 is 0.929 bits per heavy atom. The summed E-state index contributed by atoms with van der Waals surface area (Å²) in [4.78, 5) is 24.1. The number of rotatable bonds is 3. The summed E-state index contributed by atoms with van der Waals surface area (Å²) in [6, 6.07) is 20.2. The zero-order valence-electron chi connectivity index (χ0n) is 14.6. The quantitative estimate of drug-likeness (QED) is 0.349. The summed E-state index contributed by atoms with van der Waals surface area (Å²) in [6.07, 6.45) is 3.10. The maximum absolute atomic E-state index is 12.1. The van der Waals surface area contributed by atoms with E-state index in [1.54, 1.807) is 24.3 Å². The maximum Gasteiger partial charge on any atom is 0.269 e. The van der Waals surface area contributed by atoms with Crippen molar-refractivity contribution in [1.29, 1.82) is 0 Å². The molecule has 0 aliphatic heterocycles. The van der Waals surface area contributed by atoms with Crippen LogP contribution in [-0.4, -0.2) is 16.9 Å². The molecule has 3 N–H and O–H groups in total. The number of halogens is 1. The summed E-state index contributed by atoms with van der Waals surface area (Å²) in [5.41, 5.74) is 6.17. The molecule has 0 heterocycles. The van der Waals surface area contributed by atoms with Crippen molar-refractivity contribution in [2.24, 2.45) is 0 Å². The van der Waals surface area contributed by atoms with Gasteiger partial charge in [0.05, 0.1) is 0 Å². The molecule has 0 radical (unpaired) electrons. The van der Waals surface area contributed by atoms with Crippen molar-refractivity contribution >= 4 is 57.6 Å². The van der Waals surface area contributed by atoms with Crippen LogP contribution < -0.4 is 16.2 Å². The van der Waals surface area contributed by atoms with Crippen LogP contribution in [0.15, 0.2) is 72.8 Å². The van der Waals surface area contributed by atoms with Crippen LogP contribution in [-0.2, 0) is 4.79 Å². The van der Waals surface area contributed by atoms with Gasteiger partial charge in [-0.3, -0.25) is 25.8 Å². The molecule has 0 saturated carbocycles. The zero-order chi connectivity index (χ0) is 19.9. The van der Waals surface area contributed by atoms with Crippen LogP contribution in [0.2, 0.25) is 5.02 Å². The monoisotopic (exact) mass is 409 g/mol. The van der Waals surface area contributed by atoms with Gasteiger partial charge in [0.15, 0.2) is 5.11 Å². The summed E-state index contributed by atoms with van der Waals surface area (Å²) >= 11 is 10.9. The molecule has 140 valence electrons. The smallest absolute Gasteiger partial charge is 0.269 e. The molecule has 0 aliphatic rings. The van der Waals surface area contributed by atoms with Crippen molar-refractivity contribution in [1.82, 2.24) is 16.2 Å². The second-order valence-corrected chi connectivity index (χ2v) is 6.65. The molecule has 2 amide bonds. The van der Waals surface area contributed by atoms with Crippen molar-refractivity contribution in [3.8, 4) is 0 Å². The number of fused-ring (bicyclic) bond motifs is 1. The van der Waals surface area contributed by atoms with E-state index in [0.717, 1.165) is 16.3 Å². The van der Waals surface area contributed by atoms with E-state index < -0.39 is 11.8 Å². The molecule has 0 aliphatic carbocycles. The number of hydrogen-bond acceptors (Lipinski definition) is 3. The van der Waals surface area contributed by atoms with Crippen molar-refractivity contribution < 1.29 is 9.59 Å². The van der Waals surface area contributed by atoms with Gasteiger partial charge in [-0.1, -0.05) is 60.1 Å². The number of benzene rings is 3. The second-order valence-electron chi connectivity index (χ2n) is 5.81. The van der Waals surface area contributed by atoms with Crippen LogP contribution in [0.1, 0.15) is 15.9 Å². The Morgan fingerprint density at radius 3 is 2.50 bits per heavy atom. The first-order valence-electron chi connectivity index (χ1n) is 8.35. The van der Waals surface area contributed by atoms with E-state index in [9.17, 15) is 9.59 Å². The fraction of sp³-hybridized carbons (Fsp3) is 0. The van der Waals surface area contributed by atoms with Crippen LogP contribution in [0.3, 0.4) is 0 Å². The normalized spacial score (nSPS) is 10.6. The lowest BCUT2D eigenvalue weighted by Gasteiger charge is -2.10.